The molecular weight excluding hydrogens is 392 g/mol. The highest BCUT2D eigenvalue weighted by Crippen LogP contribution is 2.41. The second kappa shape index (κ2) is 6.86. The molecule has 0 fully saturated rings. The number of para-hydroxylation sites is 2. The highest BCUT2D eigenvalue weighted by atomic mass is 32.2. The topological polar surface area (TPSA) is 75.2 Å². The van der Waals surface area contributed by atoms with Gasteiger partial charge in [-0.2, -0.15) is 0 Å². The molecule has 1 atom stereocenters. The molecule has 28 heavy (non-hydrogen) atoms. The second-order valence-electron chi connectivity index (χ2n) is 6.97. The van der Waals surface area contributed by atoms with Gasteiger partial charge in [-0.05, 0) is 43.9 Å². The molecule has 3 heterocycles. The average molecular weight is 411 g/mol. The molecule has 6 nitrogen and oxygen atoms in total. The van der Waals surface area contributed by atoms with Gasteiger partial charge in [-0.25, -0.2) is 9.97 Å². The summed E-state index contributed by atoms with van der Waals surface area (Å²) in [4.78, 5) is 38.2. The summed E-state index contributed by atoms with van der Waals surface area (Å²) >= 11 is 3.20. The molecule has 0 radical (unpaired) electrons. The number of anilines is 2. The van der Waals surface area contributed by atoms with Crippen LogP contribution in [-0.2, 0) is 22.4 Å². The number of hydrogen-bond donors (Lipinski definition) is 1. The van der Waals surface area contributed by atoms with E-state index in [1.807, 2.05) is 31.2 Å². The van der Waals surface area contributed by atoms with Crippen LogP contribution in [-0.4, -0.2) is 33.6 Å². The minimum Gasteiger partial charge on any atom is -0.323 e. The zero-order chi connectivity index (χ0) is 19.3. The van der Waals surface area contributed by atoms with E-state index in [1.54, 1.807) is 22.6 Å². The normalized spacial score (nSPS) is 16.6. The zero-order valence-corrected chi connectivity index (χ0v) is 16.9. The fraction of sp³-hybridized carbons (Fsp3) is 0.300. The van der Waals surface area contributed by atoms with E-state index in [9.17, 15) is 9.59 Å². The Balaban J connectivity index is 1.45. The van der Waals surface area contributed by atoms with Gasteiger partial charge in [0.05, 0.1) is 16.6 Å². The van der Waals surface area contributed by atoms with Crippen LogP contribution in [0.1, 0.15) is 23.8 Å². The number of nitrogens with zero attached hydrogens (tertiary/aromatic N) is 3. The van der Waals surface area contributed by atoms with Crippen molar-refractivity contribution in [3.8, 4) is 0 Å². The molecule has 0 unspecified atom stereocenters. The smallest absolute Gasteiger partial charge is 0.244 e. The van der Waals surface area contributed by atoms with E-state index in [-0.39, 0.29) is 23.6 Å². The van der Waals surface area contributed by atoms with Crippen LogP contribution in [0.4, 0.5) is 11.4 Å². The van der Waals surface area contributed by atoms with Gasteiger partial charge in [0.25, 0.3) is 0 Å². The first-order valence-corrected chi connectivity index (χ1v) is 10.9. The van der Waals surface area contributed by atoms with Gasteiger partial charge in [0.1, 0.15) is 22.7 Å². The lowest BCUT2D eigenvalue weighted by Crippen LogP contribution is -2.45. The van der Waals surface area contributed by atoms with Crippen molar-refractivity contribution in [1.82, 2.24) is 9.97 Å². The molecule has 2 aromatic heterocycles. The van der Waals surface area contributed by atoms with Gasteiger partial charge in [0, 0.05) is 10.3 Å². The van der Waals surface area contributed by atoms with Crippen molar-refractivity contribution in [1.29, 1.82) is 0 Å². The Bertz CT molecular complexity index is 1110. The monoisotopic (exact) mass is 410 g/mol. The zero-order valence-electron chi connectivity index (χ0n) is 15.3. The molecule has 5 rings (SSSR count). The lowest BCUT2D eigenvalue weighted by Gasteiger charge is -2.30. The maximum absolute atomic E-state index is 13.2. The Kier molecular flexibility index (Phi) is 4.32. The summed E-state index contributed by atoms with van der Waals surface area (Å²) in [6.45, 7) is 1.91. The van der Waals surface area contributed by atoms with Crippen LogP contribution in [0.25, 0.3) is 10.2 Å². The quantitative estimate of drug-likeness (QED) is 0.527. The molecule has 2 amide bonds. The lowest BCUT2D eigenvalue weighted by molar-refractivity contribution is -0.121. The SMILES string of the molecule is C[C@H](Sc1ncnc2sc3c(c12)CCC3)C(=O)N1CC(=O)Nc2ccccc21. The number of rotatable bonds is 3. The lowest BCUT2D eigenvalue weighted by atomic mass is 10.2. The molecule has 1 aromatic carbocycles. The van der Waals surface area contributed by atoms with Gasteiger partial charge in [-0.1, -0.05) is 23.9 Å². The van der Waals surface area contributed by atoms with Gasteiger partial charge in [-0.15, -0.1) is 11.3 Å². The second-order valence-corrected chi connectivity index (χ2v) is 9.38. The van der Waals surface area contributed by atoms with Crippen molar-refractivity contribution >= 4 is 56.5 Å². The van der Waals surface area contributed by atoms with Gasteiger partial charge in [0.15, 0.2) is 0 Å². The van der Waals surface area contributed by atoms with Crippen LogP contribution in [0.2, 0.25) is 0 Å². The molecule has 1 N–H and O–H groups in total. The van der Waals surface area contributed by atoms with Gasteiger partial charge in [-0.3, -0.25) is 14.5 Å². The van der Waals surface area contributed by atoms with Crippen molar-refractivity contribution in [2.75, 3.05) is 16.8 Å². The molecule has 2 aliphatic rings. The molecule has 8 heteroatoms. The van der Waals surface area contributed by atoms with Crippen LogP contribution >= 0.6 is 23.1 Å². The predicted molar refractivity (Wildman–Crippen MR) is 112 cm³/mol. The summed E-state index contributed by atoms with van der Waals surface area (Å²) < 4.78 is 0. The first kappa shape index (κ1) is 17.6. The Labute approximate surface area is 170 Å². The number of carbonyl (C=O) groups excluding carboxylic acids is 2. The number of fused-ring (bicyclic) bond motifs is 4. The van der Waals surface area contributed by atoms with E-state index in [4.69, 9.17) is 0 Å². The number of carbonyl (C=O) groups is 2. The standard InChI is InChI=1S/C20H18N4O2S2/c1-11(20(26)24-9-16(25)23-13-6-2-3-7-14(13)24)27-18-17-12-5-4-8-15(12)28-19(17)22-10-21-18/h2-3,6-7,10-11H,4-5,8-9H2,1H3,(H,23,25)/t11-/m0/s1. The largest absolute Gasteiger partial charge is 0.323 e. The minimum atomic E-state index is -0.367. The molecule has 1 aliphatic heterocycles. The van der Waals surface area contributed by atoms with Crippen molar-refractivity contribution in [3.05, 3.63) is 41.0 Å². The van der Waals surface area contributed by atoms with Crippen LogP contribution in [0.5, 0.6) is 0 Å². The molecule has 0 saturated carbocycles. The highest BCUT2D eigenvalue weighted by Gasteiger charge is 2.31. The minimum absolute atomic E-state index is 0.0355. The van der Waals surface area contributed by atoms with E-state index in [1.165, 1.54) is 28.6 Å². The number of nitrogens with one attached hydrogen (secondary N) is 1. The summed E-state index contributed by atoms with van der Waals surface area (Å²) in [5.74, 6) is -0.268. The molecule has 0 spiro atoms. The van der Waals surface area contributed by atoms with Crippen LogP contribution < -0.4 is 10.2 Å². The Hall–Kier alpha value is -2.45. The summed E-state index contributed by atoms with van der Waals surface area (Å²) in [6.07, 6.45) is 4.91. The van der Waals surface area contributed by atoms with Gasteiger partial charge >= 0.3 is 0 Å². The van der Waals surface area contributed by atoms with E-state index in [0.29, 0.717) is 5.69 Å². The summed E-state index contributed by atoms with van der Waals surface area (Å²) in [7, 11) is 0. The molecule has 142 valence electrons. The van der Waals surface area contributed by atoms with Gasteiger partial charge < -0.3 is 5.32 Å². The third kappa shape index (κ3) is 2.87. The fourth-order valence-electron chi connectivity index (χ4n) is 3.86. The van der Waals surface area contributed by atoms with E-state index < -0.39 is 0 Å². The van der Waals surface area contributed by atoms with Gasteiger partial charge in [0.2, 0.25) is 11.8 Å². The number of thioether (sulfide) groups is 1. The van der Waals surface area contributed by atoms with Crippen molar-refractivity contribution in [2.45, 2.75) is 36.5 Å². The van der Waals surface area contributed by atoms with E-state index in [0.717, 1.165) is 33.8 Å². The Morgan fingerprint density at radius 1 is 1.29 bits per heavy atom. The van der Waals surface area contributed by atoms with Crippen molar-refractivity contribution in [2.24, 2.45) is 0 Å². The Morgan fingerprint density at radius 2 is 2.14 bits per heavy atom. The maximum Gasteiger partial charge on any atom is 0.244 e. The number of aromatic nitrogens is 2. The van der Waals surface area contributed by atoms with Crippen molar-refractivity contribution < 1.29 is 9.59 Å². The molecule has 0 bridgehead atoms. The Morgan fingerprint density at radius 3 is 3.04 bits per heavy atom. The van der Waals surface area contributed by atoms with E-state index in [2.05, 4.69) is 15.3 Å². The third-order valence-electron chi connectivity index (χ3n) is 5.14. The van der Waals surface area contributed by atoms with Crippen LogP contribution in [0, 0.1) is 0 Å². The first-order chi connectivity index (χ1) is 13.6. The molecule has 0 saturated heterocycles. The van der Waals surface area contributed by atoms with Crippen LogP contribution in [0.3, 0.4) is 0 Å². The fourth-order valence-corrected chi connectivity index (χ4v) is 6.16. The summed E-state index contributed by atoms with van der Waals surface area (Å²) in [5, 5.41) is 4.43. The summed E-state index contributed by atoms with van der Waals surface area (Å²) in [5.41, 5.74) is 2.76. The van der Waals surface area contributed by atoms with Crippen LogP contribution in [0.15, 0.2) is 35.6 Å². The van der Waals surface area contributed by atoms with Crippen molar-refractivity contribution in [3.63, 3.8) is 0 Å². The number of amides is 2. The first-order valence-electron chi connectivity index (χ1n) is 9.24. The number of aryl methyl sites for hydroxylation is 2. The molecule has 1 aliphatic carbocycles. The molecular formula is C20H18N4O2S2. The molecule has 3 aromatic rings. The third-order valence-corrected chi connectivity index (χ3v) is 7.43. The maximum atomic E-state index is 13.2. The number of thiophene rings is 1. The highest BCUT2D eigenvalue weighted by molar-refractivity contribution is 8.00. The summed E-state index contributed by atoms with van der Waals surface area (Å²) in [6, 6.07) is 7.39. The van der Waals surface area contributed by atoms with E-state index >= 15 is 0 Å². The number of hydrogen-bond acceptors (Lipinski definition) is 6. The predicted octanol–water partition coefficient (Wildman–Crippen LogP) is 3.65. The average Bonchev–Trinajstić information content (AvgIpc) is 3.28. The number of benzene rings is 1.